The number of carbonyl (C=O) groups excluding carboxylic acids is 2. The summed E-state index contributed by atoms with van der Waals surface area (Å²) in [5.41, 5.74) is 0.572. The van der Waals surface area contributed by atoms with Gasteiger partial charge in [0.25, 0.3) is 0 Å². The molecule has 1 aromatic rings. The van der Waals surface area contributed by atoms with Gasteiger partial charge in [-0.05, 0) is 24.6 Å². The van der Waals surface area contributed by atoms with Crippen molar-refractivity contribution in [1.82, 2.24) is 14.5 Å². The Kier molecular flexibility index (Phi) is 8.85. The maximum absolute atomic E-state index is 11.1. The van der Waals surface area contributed by atoms with E-state index in [2.05, 4.69) is 30.7 Å². The van der Waals surface area contributed by atoms with Gasteiger partial charge in [-0.15, -0.1) is 0 Å². The molecule has 0 spiro atoms. The third-order valence-corrected chi connectivity index (χ3v) is 4.58. The fraction of sp³-hybridized carbons (Fsp3) is 0.526. The van der Waals surface area contributed by atoms with Crippen molar-refractivity contribution in [2.45, 2.75) is 51.4 Å². The van der Waals surface area contributed by atoms with Gasteiger partial charge in [0.15, 0.2) is 5.78 Å². The van der Waals surface area contributed by atoms with E-state index in [9.17, 15) is 9.59 Å². The quantitative estimate of drug-likeness (QED) is 0.300. The number of allylic oxidation sites excluding steroid dienone is 1. The second kappa shape index (κ2) is 10.1. The van der Waals surface area contributed by atoms with Crippen molar-refractivity contribution < 1.29 is 33.2 Å². The number of imidazole rings is 1. The minimum absolute atomic E-state index is 0. The number of rotatable bonds is 5. The molecule has 0 amide bonds. The Labute approximate surface area is 168 Å². The van der Waals surface area contributed by atoms with Crippen molar-refractivity contribution in [3.05, 3.63) is 43.7 Å². The third kappa shape index (κ3) is 5.34. The van der Waals surface area contributed by atoms with E-state index in [4.69, 9.17) is 4.74 Å². The van der Waals surface area contributed by atoms with Crippen LogP contribution in [0.4, 0.5) is 0 Å². The summed E-state index contributed by atoms with van der Waals surface area (Å²) in [7, 11) is 0. The molecule has 2 saturated heterocycles. The normalized spacial score (nSPS) is 23.8. The fourth-order valence-corrected chi connectivity index (χ4v) is 3.37. The number of fused-ring (bicyclic) bond motifs is 2. The Morgan fingerprint density at radius 3 is 2.62 bits per heavy atom. The second-order valence-corrected chi connectivity index (χ2v) is 6.59. The summed E-state index contributed by atoms with van der Waals surface area (Å²) in [6, 6.07) is 0.885. The first kappa shape index (κ1) is 22.7. The number of aromatic nitrogens is 2. The number of ketones is 1. The summed E-state index contributed by atoms with van der Waals surface area (Å²) >= 11 is 0. The number of Topliss-reactive ketones (excluding diaryl/α,β-unsaturated/α-hetero) is 1. The minimum Gasteiger partial charge on any atom is -0.419 e. The van der Waals surface area contributed by atoms with Crippen molar-refractivity contribution in [3.8, 4) is 0 Å². The molecule has 26 heavy (non-hydrogen) atoms. The molecule has 4 atom stereocenters. The molecule has 2 bridgehead atoms. The number of morpholine rings is 1. The molecule has 3 unspecified atom stereocenters. The van der Waals surface area contributed by atoms with Crippen molar-refractivity contribution in [3.63, 3.8) is 0 Å². The molecule has 0 N–H and O–H groups in total. The number of likely N-dealkylation sites (tertiary alicyclic amines) is 1. The monoisotopic (exact) mass is 351 g/mol. The third-order valence-electron chi connectivity index (χ3n) is 4.58. The topological polar surface area (TPSA) is 64.4 Å². The second-order valence-electron chi connectivity index (χ2n) is 6.59. The predicted molar refractivity (Wildman–Crippen MR) is 95.9 cm³/mol. The molecular formula is C19H26LiN3O3-2. The van der Waals surface area contributed by atoms with Gasteiger partial charge < -0.3 is 32.8 Å². The van der Waals surface area contributed by atoms with Crippen LogP contribution in [-0.2, 0) is 9.53 Å². The zero-order valence-corrected chi connectivity index (χ0v) is 16.1. The number of hydrogen-bond donors (Lipinski definition) is 0. The summed E-state index contributed by atoms with van der Waals surface area (Å²) in [6.45, 7) is 14.9. The SMILES string of the molecule is CC(/C=C/[C-]=O)N1CC2CC1CO2.[CH2-]c1ncc(C(C)=O)n1[C@@H]([CH2-])C.[Li+]. The first-order chi connectivity index (χ1) is 11.8. The van der Waals surface area contributed by atoms with Gasteiger partial charge in [-0.2, -0.15) is 6.08 Å². The van der Waals surface area contributed by atoms with Gasteiger partial charge in [0.2, 0.25) is 0 Å². The van der Waals surface area contributed by atoms with Crippen LogP contribution in [0.2, 0.25) is 0 Å². The zero-order valence-electron chi connectivity index (χ0n) is 16.1. The summed E-state index contributed by atoms with van der Waals surface area (Å²) in [4.78, 5) is 27.4. The van der Waals surface area contributed by atoms with E-state index in [1.54, 1.807) is 10.9 Å². The van der Waals surface area contributed by atoms with E-state index in [1.807, 2.05) is 13.0 Å². The van der Waals surface area contributed by atoms with E-state index in [0.29, 0.717) is 29.7 Å². The van der Waals surface area contributed by atoms with Crippen LogP contribution in [0.15, 0.2) is 18.3 Å². The van der Waals surface area contributed by atoms with E-state index in [0.717, 1.165) is 19.6 Å². The molecule has 3 heterocycles. The number of carbonyl (C=O) groups is 1. The number of hydrogen-bond acceptors (Lipinski definition) is 5. The van der Waals surface area contributed by atoms with E-state index >= 15 is 0 Å². The molecular weight excluding hydrogens is 325 g/mol. The Morgan fingerprint density at radius 1 is 1.50 bits per heavy atom. The first-order valence-corrected chi connectivity index (χ1v) is 8.50. The molecule has 2 fully saturated rings. The van der Waals surface area contributed by atoms with Crippen molar-refractivity contribution in [1.29, 1.82) is 0 Å². The molecule has 2 aliphatic rings. The molecule has 7 heteroatoms. The van der Waals surface area contributed by atoms with E-state index in [1.165, 1.54) is 19.2 Å². The van der Waals surface area contributed by atoms with E-state index < -0.39 is 0 Å². The average molecular weight is 351 g/mol. The van der Waals surface area contributed by atoms with Crippen LogP contribution in [0.25, 0.3) is 0 Å². The number of ether oxygens (including phenoxy) is 1. The summed E-state index contributed by atoms with van der Waals surface area (Å²) in [6.07, 6.45) is 8.25. The predicted octanol–water partition coefficient (Wildman–Crippen LogP) is -0.819. The van der Waals surface area contributed by atoms with Gasteiger partial charge in [-0.1, -0.05) is 19.9 Å². The molecule has 0 aromatic carbocycles. The van der Waals surface area contributed by atoms with Crippen LogP contribution in [-0.4, -0.2) is 57.9 Å². The van der Waals surface area contributed by atoms with Crippen molar-refractivity contribution >= 4 is 12.1 Å². The molecule has 138 valence electrons. The number of nitrogens with zero attached hydrogens (tertiary/aromatic N) is 3. The largest absolute Gasteiger partial charge is 1.00 e. The molecule has 0 saturated carbocycles. The Morgan fingerprint density at radius 2 is 2.19 bits per heavy atom. The van der Waals surface area contributed by atoms with Crippen molar-refractivity contribution in [2.24, 2.45) is 0 Å². The molecule has 3 rings (SSSR count). The molecule has 2 aliphatic heterocycles. The van der Waals surface area contributed by atoms with Crippen LogP contribution < -0.4 is 18.9 Å². The van der Waals surface area contributed by atoms with Crippen LogP contribution in [0.3, 0.4) is 0 Å². The zero-order chi connectivity index (χ0) is 18.6. The standard InChI is InChI=1S/C10H14NO2.C9H12N2O.Li/c1-8(3-2-4-12)11-6-10-5-9(11)7-13-10;1-6(2)11-8(4)10-5-9(11)7(3)12;/h2-3,8-10H,5-7H2,1H3;5-6H,1,4H2,2-3H3;/q-1;-2;+1/b3-2+;;/t;6-;/m.0./s1. The van der Waals surface area contributed by atoms with Crippen LogP contribution in [0.5, 0.6) is 0 Å². The summed E-state index contributed by atoms with van der Waals surface area (Å²) < 4.78 is 7.22. The van der Waals surface area contributed by atoms with Gasteiger partial charge in [0, 0.05) is 19.5 Å². The van der Waals surface area contributed by atoms with Crippen LogP contribution in [0.1, 0.15) is 49.5 Å². The van der Waals surface area contributed by atoms with Gasteiger partial charge in [0.05, 0.1) is 24.6 Å². The summed E-state index contributed by atoms with van der Waals surface area (Å²) in [5, 5.41) is 0. The van der Waals surface area contributed by atoms with Crippen molar-refractivity contribution in [2.75, 3.05) is 13.2 Å². The average Bonchev–Trinajstić information content (AvgIpc) is 3.27. The molecule has 1 aromatic heterocycles. The fourth-order valence-electron chi connectivity index (χ4n) is 3.37. The summed E-state index contributed by atoms with van der Waals surface area (Å²) in [5.74, 6) is 0.579. The van der Waals surface area contributed by atoms with Crippen LogP contribution in [0, 0.1) is 13.8 Å². The first-order valence-electron chi connectivity index (χ1n) is 8.50. The smallest absolute Gasteiger partial charge is 0.419 e. The Bertz CT molecular complexity index is 642. The van der Waals surface area contributed by atoms with Gasteiger partial charge >= 0.3 is 18.9 Å². The Hall–Kier alpha value is -1.32. The maximum atomic E-state index is 11.1. The maximum Gasteiger partial charge on any atom is 1.00 e. The Balaban J connectivity index is 0.000000251. The minimum atomic E-state index is -0.0149. The molecule has 0 aliphatic carbocycles. The van der Waals surface area contributed by atoms with E-state index in [-0.39, 0.29) is 30.7 Å². The van der Waals surface area contributed by atoms with Gasteiger partial charge in [0.1, 0.15) is 0 Å². The van der Waals surface area contributed by atoms with Gasteiger partial charge in [-0.3, -0.25) is 9.78 Å². The molecule has 0 radical (unpaired) electrons. The van der Waals surface area contributed by atoms with Crippen LogP contribution >= 0.6 is 0 Å². The van der Waals surface area contributed by atoms with Gasteiger partial charge in [-0.25, -0.2) is 6.08 Å². The molecule has 6 nitrogen and oxygen atoms in total.